The van der Waals surface area contributed by atoms with Gasteiger partial charge in [0.25, 0.3) is 0 Å². The second kappa shape index (κ2) is 9.44. The SMILES string of the molecule is C=C1CN(Cc2ccccc2)C[C@@]12C[C@H]2Cc1cccc(OCc2nc(-c3ccccc3)oc2C)c1. The summed E-state index contributed by atoms with van der Waals surface area (Å²) in [6, 6.07) is 29.2. The number of aryl methyl sites for hydroxylation is 1. The second-order valence-corrected chi connectivity index (χ2v) is 10.3. The summed E-state index contributed by atoms with van der Waals surface area (Å²) in [5, 5.41) is 0. The van der Waals surface area contributed by atoms with Crippen LogP contribution >= 0.6 is 0 Å². The van der Waals surface area contributed by atoms with Crippen LogP contribution in [0.1, 0.15) is 29.0 Å². The van der Waals surface area contributed by atoms with Gasteiger partial charge in [0.15, 0.2) is 0 Å². The molecule has 0 bridgehead atoms. The van der Waals surface area contributed by atoms with Crippen LogP contribution in [0.5, 0.6) is 5.75 Å². The van der Waals surface area contributed by atoms with Crippen LogP contribution in [0.4, 0.5) is 0 Å². The van der Waals surface area contributed by atoms with E-state index < -0.39 is 0 Å². The van der Waals surface area contributed by atoms with Crippen molar-refractivity contribution >= 4 is 0 Å². The van der Waals surface area contributed by atoms with Crippen molar-refractivity contribution in [3.63, 3.8) is 0 Å². The minimum absolute atomic E-state index is 0.289. The molecule has 0 radical (unpaired) electrons. The van der Waals surface area contributed by atoms with Gasteiger partial charge in [0.1, 0.15) is 23.8 Å². The van der Waals surface area contributed by atoms with Gasteiger partial charge in [-0.1, -0.05) is 72.8 Å². The Hall–Kier alpha value is -3.63. The summed E-state index contributed by atoms with van der Waals surface area (Å²) in [4.78, 5) is 7.22. The molecule has 2 heterocycles. The van der Waals surface area contributed by atoms with Crippen molar-refractivity contribution in [3.05, 3.63) is 120 Å². The van der Waals surface area contributed by atoms with Gasteiger partial charge in [-0.15, -0.1) is 0 Å². The fourth-order valence-electron chi connectivity index (χ4n) is 5.69. The summed E-state index contributed by atoms with van der Waals surface area (Å²) < 4.78 is 12.0. The highest BCUT2D eigenvalue weighted by Gasteiger charge is 2.58. The number of rotatable bonds is 8. The molecule has 1 aromatic heterocycles. The summed E-state index contributed by atoms with van der Waals surface area (Å²) in [5.74, 6) is 2.97. The molecular weight excluding hydrogens is 444 g/mol. The molecule has 6 rings (SSSR count). The predicted molar refractivity (Wildman–Crippen MR) is 143 cm³/mol. The molecule has 1 aliphatic heterocycles. The van der Waals surface area contributed by atoms with Crippen molar-refractivity contribution in [2.24, 2.45) is 11.3 Å². The highest BCUT2D eigenvalue weighted by atomic mass is 16.5. The highest BCUT2D eigenvalue weighted by Crippen LogP contribution is 2.62. The maximum absolute atomic E-state index is 6.14. The van der Waals surface area contributed by atoms with Gasteiger partial charge in [0, 0.05) is 30.6 Å². The molecule has 2 aliphatic rings. The van der Waals surface area contributed by atoms with Gasteiger partial charge < -0.3 is 9.15 Å². The van der Waals surface area contributed by atoms with Gasteiger partial charge >= 0.3 is 0 Å². The summed E-state index contributed by atoms with van der Waals surface area (Å²) in [7, 11) is 0. The normalized spacial score (nSPS) is 21.2. The number of hydrogen-bond donors (Lipinski definition) is 0. The average Bonchev–Trinajstić information content (AvgIpc) is 3.29. The molecule has 2 fully saturated rings. The van der Waals surface area contributed by atoms with Gasteiger partial charge in [0.05, 0.1) is 0 Å². The number of likely N-dealkylation sites (tertiary alicyclic amines) is 1. The molecule has 0 amide bonds. The summed E-state index contributed by atoms with van der Waals surface area (Å²) >= 11 is 0. The first-order chi connectivity index (χ1) is 17.6. The first kappa shape index (κ1) is 22.8. The third-order valence-corrected chi connectivity index (χ3v) is 7.77. The third kappa shape index (κ3) is 4.61. The summed E-state index contributed by atoms with van der Waals surface area (Å²) in [5.41, 5.74) is 6.21. The van der Waals surface area contributed by atoms with E-state index in [1.54, 1.807) is 0 Å². The molecule has 4 aromatic rings. The number of aromatic nitrogens is 1. The quantitative estimate of drug-likeness (QED) is 0.261. The third-order valence-electron chi connectivity index (χ3n) is 7.77. The fraction of sp³-hybridized carbons (Fsp3) is 0.281. The molecule has 3 aromatic carbocycles. The Kier molecular flexibility index (Phi) is 5.98. The number of ether oxygens (including phenoxy) is 1. The van der Waals surface area contributed by atoms with E-state index in [0.29, 0.717) is 18.4 Å². The molecule has 1 saturated heterocycles. The van der Waals surface area contributed by atoms with Gasteiger partial charge in [-0.3, -0.25) is 4.90 Å². The first-order valence-corrected chi connectivity index (χ1v) is 12.8. The summed E-state index contributed by atoms with van der Waals surface area (Å²) in [6.07, 6.45) is 2.30. The lowest BCUT2D eigenvalue weighted by atomic mass is 9.95. The van der Waals surface area contributed by atoms with Gasteiger partial charge in [-0.05, 0) is 61.1 Å². The lowest BCUT2D eigenvalue weighted by Crippen LogP contribution is -2.21. The molecule has 1 spiro atoms. The van der Waals surface area contributed by atoms with Crippen LogP contribution in [-0.4, -0.2) is 23.0 Å². The molecule has 4 heteroatoms. The molecule has 0 unspecified atom stereocenters. The zero-order valence-corrected chi connectivity index (χ0v) is 20.8. The van der Waals surface area contributed by atoms with Crippen molar-refractivity contribution in [2.75, 3.05) is 13.1 Å². The Balaban J connectivity index is 1.07. The standard InChI is InChI=1S/C32H32N2O2/c1-23-19-34(20-25-10-5-3-6-11-25)22-32(23)18-28(32)16-26-12-9-15-29(17-26)35-21-30-24(2)36-31(33-30)27-13-7-4-8-14-27/h3-15,17,28H,1,16,18-22H2,2H3/t28-,32+/m1/s1. The topological polar surface area (TPSA) is 38.5 Å². The van der Waals surface area contributed by atoms with Crippen molar-refractivity contribution in [3.8, 4) is 17.2 Å². The van der Waals surface area contributed by atoms with Crippen LogP contribution in [0.25, 0.3) is 11.5 Å². The molecule has 1 aliphatic carbocycles. The first-order valence-electron chi connectivity index (χ1n) is 12.8. The molecule has 4 nitrogen and oxygen atoms in total. The van der Waals surface area contributed by atoms with Crippen LogP contribution < -0.4 is 4.74 Å². The summed E-state index contributed by atoms with van der Waals surface area (Å²) in [6.45, 7) is 9.96. The Morgan fingerprint density at radius 2 is 1.75 bits per heavy atom. The molecular formula is C32H32N2O2. The van der Waals surface area contributed by atoms with E-state index in [-0.39, 0.29) is 5.41 Å². The van der Waals surface area contributed by atoms with Crippen molar-refractivity contribution in [1.82, 2.24) is 9.88 Å². The minimum atomic E-state index is 0.289. The van der Waals surface area contributed by atoms with E-state index in [4.69, 9.17) is 9.15 Å². The van der Waals surface area contributed by atoms with Crippen LogP contribution in [0, 0.1) is 18.3 Å². The highest BCUT2D eigenvalue weighted by molar-refractivity contribution is 5.53. The number of oxazole rings is 1. The van der Waals surface area contributed by atoms with Crippen molar-refractivity contribution < 1.29 is 9.15 Å². The molecule has 36 heavy (non-hydrogen) atoms. The van der Waals surface area contributed by atoms with Gasteiger partial charge in [-0.25, -0.2) is 4.98 Å². The van der Waals surface area contributed by atoms with E-state index in [2.05, 4.69) is 65.0 Å². The predicted octanol–water partition coefficient (Wildman–Crippen LogP) is 6.85. The lowest BCUT2D eigenvalue weighted by molar-refractivity contribution is 0.298. The van der Waals surface area contributed by atoms with Crippen molar-refractivity contribution in [1.29, 1.82) is 0 Å². The average molecular weight is 477 g/mol. The van der Waals surface area contributed by atoms with Gasteiger partial charge in [-0.2, -0.15) is 0 Å². The van der Waals surface area contributed by atoms with E-state index >= 15 is 0 Å². The van der Waals surface area contributed by atoms with E-state index in [1.807, 2.05) is 43.3 Å². The van der Waals surface area contributed by atoms with E-state index in [9.17, 15) is 0 Å². The van der Waals surface area contributed by atoms with Crippen LogP contribution in [-0.2, 0) is 19.6 Å². The monoisotopic (exact) mass is 476 g/mol. The maximum Gasteiger partial charge on any atom is 0.226 e. The molecule has 2 atom stereocenters. The lowest BCUT2D eigenvalue weighted by Gasteiger charge is -2.16. The zero-order chi connectivity index (χ0) is 24.5. The fourth-order valence-corrected chi connectivity index (χ4v) is 5.69. The zero-order valence-electron chi connectivity index (χ0n) is 20.8. The number of benzene rings is 3. The van der Waals surface area contributed by atoms with Crippen LogP contribution in [0.2, 0.25) is 0 Å². The Labute approximate surface area is 213 Å². The van der Waals surface area contributed by atoms with Crippen LogP contribution in [0.15, 0.2) is 101 Å². The molecule has 0 N–H and O–H groups in total. The second-order valence-electron chi connectivity index (χ2n) is 10.3. The molecule has 182 valence electrons. The smallest absolute Gasteiger partial charge is 0.226 e. The Bertz CT molecular complexity index is 1360. The Morgan fingerprint density at radius 1 is 1.00 bits per heavy atom. The van der Waals surface area contributed by atoms with Gasteiger partial charge in [0.2, 0.25) is 5.89 Å². The minimum Gasteiger partial charge on any atom is -0.487 e. The number of hydrogen-bond acceptors (Lipinski definition) is 4. The van der Waals surface area contributed by atoms with E-state index in [1.165, 1.54) is 23.1 Å². The maximum atomic E-state index is 6.14. The Morgan fingerprint density at radius 3 is 2.56 bits per heavy atom. The molecule has 1 saturated carbocycles. The van der Waals surface area contributed by atoms with Crippen LogP contribution in [0.3, 0.4) is 0 Å². The number of nitrogens with zero attached hydrogens (tertiary/aromatic N) is 2. The largest absolute Gasteiger partial charge is 0.487 e. The van der Waals surface area contributed by atoms with Crippen molar-refractivity contribution in [2.45, 2.75) is 32.9 Å². The van der Waals surface area contributed by atoms with E-state index in [0.717, 1.165) is 48.8 Å².